The van der Waals surface area contributed by atoms with E-state index in [-0.39, 0.29) is 11.3 Å². The maximum absolute atomic E-state index is 12.9. The Hall–Kier alpha value is -2.37. The summed E-state index contributed by atoms with van der Waals surface area (Å²) < 4.78 is 2.01. The second-order valence-corrected chi connectivity index (χ2v) is 8.16. The number of carbonyl (C=O) groups is 1. The van der Waals surface area contributed by atoms with Crippen LogP contribution in [-0.2, 0) is 12.0 Å². The Morgan fingerprint density at radius 1 is 1.07 bits per heavy atom. The average Bonchev–Trinajstić information content (AvgIpc) is 3.49. The monoisotopic (exact) mass is 365 g/mol. The number of hydrogen-bond acceptors (Lipinski definition) is 4. The van der Waals surface area contributed by atoms with E-state index in [1.807, 2.05) is 9.47 Å². The van der Waals surface area contributed by atoms with Gasteiger partial charge in [-0.1, -0.05) is 31.0 Å². The first-order valence-electron chi connectivity index (χ1n) is 10.3. The van der Waals surface area contributed by atoms with E-state index in [9.17, 15) is 4.79 Å². The zero-order chi connectivity index (χ0) is 18.4. The van der Waals surface area contributed by atoms with Crippen molar-refractivity contribution in [1.82, 2.24) is 19.7 Å². The molecule has 1 spiro atoms. The summed E-state index contributed by atoms with van der Waals surface area (Å²) in [5, 5.41) is 8.85. The van der Waals surface area contributed by atoms with Crippen LogP contribution in [0, 0.1) is 0 Å². The molecule has 6 nitrogen and oxygen atoms in total. The van der Waals surface area contributed by atoms with E-state index in [0.717, 1.165) is 38.4 Å². The van der Waals surface area contributed by atoms with Crippen LogP contribution in [0.25, 0.3) is 0 Å². The molecule has 0 N–H and O–H groups in total. The van der Waals surface area contributed by atoms with E-state index in [2.05, 4.69) is 46.3 Å². The Labute approximate surface area is 160 Å². The molecule has 2 aliphatic heterocycles. The fourth-order valence-electron chi connectivity index (χ4n) is 5.29. The summed E-state index contributed by atoms with van der Waals surface area (Å²) >= 11 is 0. The third kappa shape index (κ3) is 2.49. The van der Waals surface area contributed by atoms with Crippen LogP contribution < -0.4 is 4.90 Å². The molecule has 3 aliphatic rings. The molecule has 142 valence electrons. The number of rotatable bonds is 3. The van der Waals surface area contributed by atoms with Crippen molar-refractivity contribution < 1.29 is 4.79 Å². The van der Waals surface area contributed by atoms with Crippen LogP contribution in [0.2, 0.25) is 0 Å². The first kappa shape index (κ1) is 16.8. The van der Waals surface area contributed by atoms with E-state index in [0.29, 0.717) is 12.4 Å². The van der Waals surface area contributed by atoms with Crippen LogP contribution in [0.15, 0.2) is 24.3 Å². The van der Waals surface area contributed by atoms with Gasteiger partial charge in [0.2, 0.25) is 11.8 Å². The number of para-hydroxylation sites is 1. The Balaban J connectivity index is 1.55. The molecule has 1 amide bonds. The van der Waals surface area contributed by atoms with Gasteiger partial charge >= 0.3 is 0 Å². The highest BCUT2D eigenvalue weighted by Crippen LogP contribution is 2.52. The van der Waals surface area contributed by atoms with Gasteiger partial charge in [-0.25, -0.2) is 0 Å². The summed E-state index contributed by atoms with van der Waals surface area (Å²) in [6.45, 7) is 5.38. The highest BCUT2D eigenvalue weighted by molar-refractivity contribution is 5.91. The molecule has 2 fully saturated rings. The molecule has 5 rings (SSSR count). The Kier molecular flexibility index (Phi) is 3.95. The van der Waals surface area contributed by atoms with Crippen molar-refractivity contribution in [2.75, 3.05) is 24.5 Å². The van der Waals surface area contributed by atoms with Gasteiger partial charge in [0.15, 0.2) is 0 Å². The molecule has 0 bridgehead atoms. The van der Waals surface area contributed by atoms with E-state index in [1.54, 1.807) is 0 Å². The normalized spacial score (nSPS) is 20.6. The summed E-state index contributed by atoms with van der Waals surface area (Å²) in [4.78, 5) is 17.2. The zero-order valence-corrected chi connectivity index (χ0v) is 16.0. The number of fused-ring (bicyclic) bond motifs is 2. The number of hydrogen-bond donors (Lipinski definition) is 0. The molecule has 1 saturated carbocycles. The van der Waals surface area contributed by atoms with Crippen molar-refractivity contribution in [3.63, 3.8) is 0 Å². The number of amides is 1. The van der Waals surface area contributed by atoms with Gasteiger partial charge in [-0.15, -0.1) is 10.2 Å². The molecule has 1 aliphatic carbocycles. The average molecular weight is 365 g/mol. The number of benzene rings is 1. The summed E-state index contributed by atoms with van der Waals surface area (Å²) in [7, 11) is 0. The van der Waals surface area contributed by atoms with Crippen LogP contribution in [0.5, 0.6) is 0 Å². The molecule has 0 unspecified atom stereocenters. The van der Waals surface area contributed by atoms with E-state index >= 15 is 0 Å². The van der Waals surface area contributed by atoms with Gasteiger partial charge in [0.05, 0.1) is 0 Å². The Bertz CT molecular complexity index is 861. The number of carbonyl (C=O) groups excluding carboxylic acids is 1. The highest BCUT2D eigenvalue weighted by atomic mass is 16.2. The van der Waals surface area contributed by atoms with Crippen LogP contribution in [0.1, 0.15) is 61.6 Å². The van der Waals surface area contributed by atoms with Crippen molar-refractivity contribution in [3.05, 3.63) is 35.7 Å². The van der Waals surface area contributed by atoms with E-state index in [4.69, 9.17) is 0 Å². The minimum atomic E-state index is 0.0242. The second-order valence-electron chi connectivity index (χ2n) is 8.16. The highest BCUT2D eigenvalue weighted by Gasteiger charge is 2.46. The lowest BCUT2D eigenvalue weighted by Crippen LogP contribution is -2.32. The first-order chi connectivity index (χ1) is 13.2. The predicted octanol–water partition coefficient (Wildman–Crippen LogP) is 3.50. The molecule has 3 heterocycles. The van der Waals surface area contributed by atoms with E-state index < -0.39 is 0 Å². The number of aromatic nitrogens is 3. The van der Waals surface area contributed by atoms with Gasteiger partial charge in [0.25, 0.3) is 5.91 Å². The van der Waals surface area contributed by atoms with Gasteiger partial charge in [-0.05, 0) is 44.2 Å². The maximum atomic E-state index is 12.9. The van der Waals surface area contributed by atoms with Crippen molar-refractivity contribution >= 4 is 17.5 Å². The molecular formula is C21H27N5O. The van der Waals surface area contributed by atoms with Gasteiger partial charge in [-0.2, -0.15) is 0 Å². The quantitative estimate of drug-likeness (QED) is 0.835. The van der Waals surface area contributed by atoms with Gasteiger partial charge in [0.1, 0.15) is 0 Å². The zero-order valence-electron chi connectivity index (χ0n) is 16.0. The fourth-order valence-corrected chi connectivity index (χ4v) is 5.29. The molecule has 1 aromatic heterocycles. The third-order valence-corrected chi connectivity index (χ3v) is 6.66. The second kappa shape index (κ2) is 6.36. The minimum absolute atomic E-state index is 0.0242. The standard InChI is InChI=1S/C21H27N5O/c1-2-25-18(19(27)24-13-7-8-14-24)22-23-20(25)26-15-21(11-5-6-12-21)16-9-3-4-10-17(16)26/h3-4,9-10H,2,5-8,11-15H2,1H3. The lowest BCUT2D eigenvalue weighted by atomic mass is 9.81. The topological polar surface area (TPSA) is 54.3 Å². The van der Waals surface area contributed by atoms with Crippen LogP contribution in [0.3, 0.4) is 0 Å². The SMILES string of the molecule is CCn1c(C(=O)N2CCCC2)nnc1N1CC2(CCCC2)c2ccccc21. The number of nitrogens with zero attached hydrogens (tertiary/aromatic N) is 5. The minimum Gasteiger partial charge on any atom is -0.336 e. The molecule has 27 heavy (non-hydrogen) atoms. The molecule has 2 aromatic rings. The Morgan fingerprint density at radius 3 is 2.56 bits per heavy atom. The van der Waals surface area contributed by atoms with Crippen molar-refractivity contribution in [2.24, 2.45) is 0 Å². The number of anilines is 2. The third-order valence-electron chi connectivity index (χ3n) is 6.66. The predicted molar refractivity (Wildman–Crippen MR) is 104 cm³/mol. The summed E-state index contributed by atoms with van der Waals surface area (Å²) in [6.07, 6.45) is 7.23. The molecule has 0 atom stereocenters. The lowest BCUT2D eigenvalue weighted by Gasteiger charge is -2.25. The van der Waals surface area contributed by atoms with Gasteiger partial charge < -0.3 is 9.80 Å². The van der Waals surface area contributed by atoms with E-state index in [1.165, 1.54) is 36.9 Å². The van der Waals surface area contributed by atoms with Gasteiger partial charge in [0, 0.05) is 37.3 Å². The molecule has 1 saturated heterocycles. The summed E-state index contributed by atoms with van der Waals surface area (Å²) in [5.74, 6) is 1.33. The largest absolute Gasteiger partial charge is 0.336 e. The number of likely N-dealkylation sites (tertiary alicyclic amines) is 1. The van der Waals surface area contributed by atoms with Crippen LogP contribution >= 0.6 is 0 Å². The smallest absolute Gasteiger partial charge is 0.291 e. The summed E-state index contributed by atoms with van der Waals surface area (Å²) in [5.41, 5.74) is 2.92. The molecular weight excluding hydrogens is 338 g/mol. The summed E-state index contributed by atoms with van der Waals surface area (Å²) in [6, 6.07) is 8.72. The van der Waals surface area contributed by atoms with Crippen molar-refractivity contribution in [1.29, 1.82) is 0 Å². The molecule has 6 heteroatoms. The molecule has 1 aromatic carbocycles. The maximum Gasteiger partial charge on any atom is 0.291 e. The first-order valence-corrected chi connectivity index (χ1v) is 10.3. The van der Waals surface area contributed by atoms with Gasteiger partial charge in [-0.3, -0.25) is 9.36 Å². The lowest BCUT2D eigenvalue weighted by molar-refractivity contribution is 0.0775. The Morgan fingerprint density at radius 2 is 1.81 bits per heavy atom. The van der Waals surface area contributed by atoms with Crippen molar-refractivity contribution in [3.8, 4) is 0 Å². The van der Waals surface area contributed by atoms with Crippen LogP contribution in [-0.4, -0.2) is 45.2 Å². The van der Waals surface area contributed by atoms with Crippen molar-refractivity contribution in [2.45, 2.75) is 57.4 Å². The molecule has 0 radical (unpaired) electrons. The van der Waals surface area contributed by atoms with Crippen LogP contribution in [0.4, 0.5) is 11.6 Å². The fraction of sp³-hybridized carbons (Fsp3) is 0.571.